The maximum absolute atomic E-state index is 11.6. The highest BCUT2D eigenvalue weighted by molar-refractivity contribution is 6.35. The zero-order valence-electron chi connectivity index (χ0n) is 10.4. The molecule has 1 aliphatic rings. The molecule has 0 aliphatic carbocycles. The van der Waals surface area contributed by atoms with Crippen LogP contribution in [0.4, 0.5) is 0 Å². The Morgan fingerprint density at radius 2 is 1.60 bits per heavy atom. The molecule has 0 saturated heterocycles. The standard InChI is InChI=1S/C14H11NO5/c16-11(8-15-12(17)6-7-13(15)18)14(19)20-9-10-4-2-1-3-5-10/h1-7H,8-9H2. The molecule has 0 atom stereocenters. The highest BCUT2D eigenvalue weighted by atomic mass is 16.5. The summed E-state index contributed by atoms with van der Waals surface area (Å²) in [5, 5.41) is 0. The fourth-order valence-electron chi connectivity index (χ4n) is 1.60. The molecule has 0 unspecified atom stereocenters. The number of carbonyl (C=O) groups excluding carboxylic acids is 4. The van der Waals surface area contributed by atoms with Gasteiger partial charge in [-0.2, -0.15) is 0 Å². The molecule has 0 aromatic heterocycles. The first-order valence-corrected chi connectivity index (χ1v) is 5.85. The Hall–Kier alpha value is -2.76. The summed E-state index contributed by atoms with van der Waals surface area (Å²) in [6.07, 6.45) is 2.09. The van der Waals surface area contributed by atoms with Crippen LogP contribution in [0.1, 0.15) is 5.56 Å². The molecule has 1 aliphatic heterocycles. The SMILES string of the molecule is O=C(CN1C(=O)C=CC1=O)C(=O)OCc1ccccc1. The molecule has 0 bridgehead atoms. The number of esters is 1. The molecule has 6 heteroatoms. The van der Waals surface area contributed by atoms with Crippen LogP contribution < -0.4 is 0 Å². The zero-order chi connectivity index (χ0) is 14.5. The van der Waals surface area contributed by atoms with Gasteiger partial charge in [-0.3, -0.25) is 19.3 Å². The Morgan fingerprint density at radius 1 is 1.00 bits per heavy atom. The van der Waals surface area contributed by atoms with Crippen molar-refractivity contribution in [1.82, 2.24) is 4.90 Å². The second kappa shape index (κ2) is 5.92. The molecule has 6 nitrogen and oxygen atoms in total. The van der Waals surface area contributed by atoms with Crippen LogP contribution in [0.15, 0.2) is 42.5 Å². The van der Waals surface area contributed by atoms with Crippen molar-refractivity contribution in [3.63, 3.8) is 0 Å². The van der Waals surface area contributed by atoms with Gasteiger partial charge in [0, 0.05) is 12.2 Å². The molecule has 1 aromatic carbocycles. The van der Waals surface area contributed by atoms with E-state index >= 15 is 0 Å². The van der Waals surface area contributed by atoms with Crippen molar-refractivity contribution in [3.8, 4) is 0 Å². The fraction of sp³-hybridized carbons (Fsp3) is 0.143. The predicted octanol–water partition coefficient (Wildman–Crippen LogP) is 0.224. The van der Waals surface area contributed by atoms with Gasteiger partial charge in [0.25, 0.3) is 17.6 Å². The molecular weight excluding hydrogens is 262 g/mol. The minimum Gasteiger partial charge on any atom is -0.455 e. The second-order valence-corrected chi connectivity index (χ2v) is 4.08. The molecule has 0 fully saturated rings. The number of nitrogens with zero attached hydrogens (tertiary/aromatic N) is 1. The number of amides is 2. The average Bonchev–Trinajstić information content (AvgIpc) is 2.77. The van der Waals surface area contributed by atoms with Gasteiger partial charge < -0.3 is 4.74 Å². The van der Waals surface area contributed by atoms with Crippen LogP contribution in [-0.4, -0.2) is 35.0 Å². The number of benzene rings is 1. The second-order valence-electron chi connectivity index (χ2n) is 4.08. The third-order valence-electron chi connectivity index (χ3n) is 2.64. The average molecular weight is 273 g/mol. The molecule has 2 amide bonds. The zero-order valence-corrected chi connectivity index (χ0v) is 10.4. The quantitative estimate of drug-likeness (QED) is 0.435. The summed E-state index contributed by atoms with van der Waals surface area (Å²) in [5.74, 6) is -3.23. The number of rotatable bonds is 5. The van der Waals surface area contributed by atoms with Gasteiger partial charge in [0.2, 0.25) is 0 Å². The summed E-state index contributed by atoms with van der Waals surface area (Å²) in [6.45, 7) is -0.635. The lowest BCUT2D eigenvalue weighted by atomic mass is 10.2. The van der Waals surface area contributed by atoms with Crippen molar-refractivity contribution in [3.05, 3.63) is 48.0 Å². The van der Waals surface area contributed by atoms with Crippen LogP contribution in [0.3, 0.4) is 0 Å². The van der Waals surface area contributed by atoms with Crippen LogP contribution in [-0.2, 0) is 30.5 Å². The maximum atomic E-state index is 11.6. The molecule has 102 valence electrons. The first-order valence-electron chi connectivity index (χ1n) is 5.85. The summed E-state index contributed by atoms with van der Waals surface area (Å²) >= 11 is 0. The van der Waals surface area contributed by atoms with E-state index in [1.54, 1.807) is 24.3 Å². The Balaban J connectivity index is 1.85. The molecule has 0 N–H and O–H groups in total. The molecule has 20 heavy (non-hydrogen) atoms. The number of hydrogen-bond acceptors (Lipinski definition) is 5. The number of hydrogen-bond donors (Lipinski definition) is 0. The molecule has 0 spiro atoms. The van der Waals surface area contributed by atoms with E-state index in [0.717, 1.165) is 17.7 Å². The smallest absolute Gasteiger partial charge is 0.376 e. The first kappa shape index (κ1) is 13.7. The molecule has 0 radical (unpaired) electrons. The minimum atomic E-state index is -1.07. The lowest BCUT2D eigenvalue weighted by Gasteiger charge is -2.11. The van der Waals surface area contributed by atoms with Crippen LogP contribution >= 0.6 is 0 Å². The molecule has 2 rings (SSSR count). The Bertz CT molecular complexity index is 573. The van der Waals surface area contributed by atoms with E-state index in [9.17, 15) is 19.2 Å². The third kappa shape index (κ3) is 3.17. The largest absolute Gasteiger partial charge is 0.455 e. The Morgan fingerprint density at radius 3 is 2.20 bits per heavy atom. The van der Waals surface area contributed by atoms with Crippen molar-refractivity contribution < 1.29 is 23.9 Å². The van der Waals surface area contributed by atoms with Crippen molar-refractivity contribution >= 4 is 23.6 Å². The van der Waals surface area contributed by atoms with E-state index in [-0.39, 0.29) is 6.61 Å². The lowest BCUT2D eigenvalue weighted by Crippen LogP contribution is -2.38. The summed E-state index contributed by atoms with van der Waals surface area (Å²) in [7, 11) is 0. The van der Waals surface area contributed by atoms with Gasteiger partial charge in [0.1, 0.15) is 6.61 Å². The molecule has 1 heterocycles. The topological polar surface area (TPSA) is 80.8 Å². The van der Waals surface area contributed by atoms with E-state index in [4.69, 9.17) is 4.74 Å². The number of ketones is 1. The van der Waals surface area contributed by atoms with Crippen LogP contribution in [0, 0.1) is 0 Å². The van der Waals surface area contributed by atoms with Crippen molar-refractivity contribution in [2.45, 2.75) is 6.61 Å². The van der Waals surface area contributed by atoms with Gasteiger partial charge in [-0.25, -0.2) is 4.79 Å². The van der Waals surface area contributed by atoms with Crippen molar-refractivity contribution in [1.29, 1.82) is 0 Å². The van der Waals surface area contributed by atoms with Gasteiger partial charge >= 0.3 is 5.97 Å². The Labute approximate surface area is 114 Å². The Kier molecular flexibility index (Phi) is 4.05. The first-order chi connectivity index (χ1) is 9.58. The highest BCUT2D eigenvalue weighted by Crippen LogP contribution is 2.05. The van der Waals surface area contributed by atoms with E-state index in [2.05, 4.69) is 0 Å². The summed E-state index contributed by atoms with van der Waals surface area (Å²) < 4.78 is 4.81. The number of imide groups is 1. The van der Waals surface area contributed by atoms with E-state index in [1.165, 1.54) is 0 Å². The molecule has 1 aromatic rings. The highest BCUT2D eigenvalue weighted by Gasteiger charge is 2.28. The number of carbonyl (C=O) groups is 4. The summed E-state index contributed by atoms with van der Waals surface area (Å²) in [6, 6.07) is 8.86. The normalized spacial score (nSPS) is 13.7. The summed E-state index contributed by atoms with van der Waals surface area (Å²) in [4.78, 5) is 46.2. The number of ether oxygens (including phenoxy) is 1. The van der Waals surface area contributed by atoms with Gasteiger partial charge in [-0.05, 0) is 5.56 Å². The van der Waals surface area contributed by atoms with E-state index in [1.807, 2.05) is 6.07 Å². The maximum Gasteiger partial charge on any atom is 0.376 e. The minimum absolute atomic E-state index is 0.0362. The van der Waals surface area contributed by atoms with E-state index in [0.29, 0.717) is 4.90 Å². The van der Waals surface area contributed by atoms with Crippen LogP contribution in [0.5, 0.6) is 0 Å². The van der Waals surface area contributed by atoms with Gasteiger partial charge in [0.05, 0.1) is 6.54 Å². The van der Waals surface area contributed by atoms with Gasteiger partial charge in [-0.1, -0.05) is 30.3 Å². The molecular formula is C14H11NO5. The fourth-order valence-corrected chi connectivity index (χ4v) is 1.60. The van der Waals surface area contributed by atoms with Crippen molar-refractivity contribution in [2.24, 2.45) is 0 Å². The summed E-state index contributed by atoms with van der Waals surface area (Å²) in [5.41, 5.74) is 0.739. The van der Waals surface area contributed by atoms with Crippen LogP contribution in [0.25, 0.3) is 0 Å². The van der Waals surface area contributed by atoms with Gasteiger partial charge in [0.15, 0.2) is 0 Å². The van der Waals surface area contributed by atoms with Gasteiger partial charge in [-0.15, -0.1) is 0 Å². The number of Topliss-reactive ketones (excluding diaryl/α,β-unsaturated/α-hetero) is 1. The monoisotopic (exact) mass is 273 g/mol. The van der Waals surface area contributed by atoms with Crippen molar-refractivity contribution in [2.75, 3.05) is 6.54 Å². The lowest BCUT2D eigenvalue weighted by molar-refractivity contribution is -0.156. The third-order valence-corrected chi connectivity index (χ3v) is 2.64. The predicted molar refractivity (Wildman–Crippen MR) is 67.1 cm³/mol. The van der Waals surface area contributed by atoms with E-state index < -0.39 is 30.1 Å². The molecule has 0 saturated carbocycles. The van der Waals surface area contributed by atoms with Crippen LogP contribution in [0.2, 0.25) is 0 Å².